The average Bonchev–Trinajstić information content (AvgIpc) is 2.91. The summed E-state index contributed by atoms with van der Waals surface area (Å²) in [5.41, 5.74) is 0. The van der Waals surface area contributed by atoms with Crippen LogP contribution in [0.15, 0.2) is 25.0 Å². The number of carbonyl (C=O) groups is 3. The van der Waals surface area contributed by atoms with Gasteiger partial charge in [0.05, 0.1) is 6.54 Å². The monoisotopic (exact) mass is 371 g/mol. The normalized spacial score (nSPS) is 19.0. The number of hydrogen-bond donors (Lipinski definition) is 3. The summed E-state index contributed by atoms with van der Waals surface area (Å²) in [6.07, 6.45) is 1.71. The summed E-state index contributed by atoms with van der Waals surface area (Å²) in [5, 5.41) is 5.14. The lowest BCUT2D eigenvalue weighted by Gasteiger charge is -2.23. The number of hydrogen-bond acceptors (Lipinski definition) is 6. The van der Waals surface area contributed by atoms with Gasteiger partial charge in [-0.2, -0.15) is 12.6 Å². The standard InChI is InChI=1S/C16H25N3O5S/c1-4-7-23-16(22)19-10-14(25)8-13(19)5-6-17-15(21)24-11(2)9-18-12(3)20/h4,13-14,25H,1-2,5-10H2,3H3,(H,17,21)(H,18,20)/t13-,14-/m0/s1. The predicted molar refractivity (Wildman–Crippen MR) is 96.4 cm³/mol. The zero-order chi connectivity index (χ0) is 18.8. The molecule has 0 aromatic rings. The molecule has 1 aliphatic rings. The van der Waals surface area contributed by atoms with Crippen LogP contribution in [0.4, 0.5) is 9.59 Å². The molecule has 1 aliphatic heterocycles. The van der Waals surface area contributed by atoms with Crippen LogP contribution in [0.1, 0.15) is 19.8 Å². The Balaban J connectivity index is 2.34. The van der Waals surface area contributed by atoms with Gasteiger partial charge in [0.2, 0.25) is 5.91 Å². The minimum absolute atomic E-state index is 0.0651. The molecule has 0 bridgehead atoms. The van der Waals surface area contributed by atoms with E-state index < -0.39 is 12.2 Å². The van der Waals surface area contributed by atoms with Crippen molar-refractivity contribution in [3.8, 4) is 0 Å². The summed E-state index contributed by atoms with van der Waals surface area (Å²) in [5.74, 6) is -0.102. The van der Waals surface area contributed by atoms with Crippen LogP contribution in [0, 0.1) is 0 Å². The number of alkyl carbamates (subject to hydrolysis) is 1. The first kappa shape index (κ1) is 20.9. The molecule has 0 saturated carbocycles. The number of ether oxygens (including phenoxy) is 2. The highest BCUT2D eigenvalue weighted by atomic mass is 32.1. The number of nitrogens with one attached hydrogen (secondary N) is 2. The number of likely N-dealkylation sites (tertiary alicyclic amines) is 1. The number of carbonyl (C=O) groups excluding carboxylic acids is 3. The SMILES string of the molecule is C=CCOC(=O)N1C[C@@H](S)C[C@@H]1CCNC(=O)OC(=C)CNC(C)=O. The van der Waals surface area contributed by atoms with E-state index in [2.05, 4.69) is 36.4 Å². The molecule has 140 valence electrons. The van der Waals surface area contributed by atoms with Crippen molar-refractivity contribution in [3.63, 3.8) is 0 Å². The van der Waals surface area contributed by atoms with Crippen molar-refractivity contribution in [1.82, 2.24) is 15.5 Å². The largest absolute Gasteiger partial charge is 0.445 e. The third-order valence-electron chi connectivity index (χ3n) is 3.47. The molecule has 0 aromatic carbocycles. The van der Waals surface area contributed by atoms with Gasteiger partial charge in [0, 0.05) is 31.3 Å². The smallest absolute Gasteiger partial charge is 0.412 e. The molecule has 1 fully saturated rings. The van der Waals surface area contributed by atoms with E-state index in [0.717, 1.165) is 6.42 Å². The Bertz CT molecular complexity index is 526. The van der Waals surface area contributed by atoms with Gasteiger partial charge in [-0.3, -0.25) is 4.79 Å². The van der Waals surface area contributed by atoms with Gasteiger partial charge in [0.15, 0.2) is 0 Å². The van der Waals surface area contributed by atoms with E-state index in [1.54, 1.807) is 4.90 Å². The molecule has 2 atom stereocenters. The number of nitrogens with zero attached hydrogens (tertiary/aromatic N) is 1. The Morgan fingerprint density at radius 3 is 2.72 bits per heavy atom. The van der Waals surface area contributed by atoms with Gasteiger partial charge in [0.25, 0.3) is 0 Å². The molecule has 3 amide bonds. The van der Waals surface area contributed by atoms with Crippen LogP contribution in [0.3, 0.4) is 0 Å². The summed E-state index contributed by atoms with van der Waals surface area (Å²) >= 11 is 4.42. The topological polar surface area (TPSA) is 97.0 Å². The van der Waals surface area contributed by atoms with Gasteiger partial charge in [0.1, 0.15) is 12.4 Å². The van der Waals surface area contributed by atoms with Crippen LogP contribution in [0.25, 0.3) is 0 Å². The summed E-state index contributed by atoms with van der Waals surface area (Å²) in [6, 6.07) is -0.0669. The van der Waals surface area contributed by atoms with Crippen molar-refractivity contribution >= 4 is 30.7 Å². The predicted octanol–water partition coefficient (Wildman–Crippen LogP) is 1.45. The molecule has 1 heterocycles. The summed E-state index contributed by atoms with van der Waals surface area (Å²) in [4.78, 5) is 36.0. The van der Waals surface area contributed by atoms with Crippen molar-refractivity contribution in [1.29, 1.82) is 0 Å². The second-order valence-corrected chi connectivity index (χ2v) is 6.34. The Kier molecular flexibility index (Phi) is 8.90. The highest BCUT2D eigenvalue weighted by Gasteiger charge is 2.34. The van der Waals surface area contributed by atoms with Gasteiger partial charge in [-0.1, -0.05) is 19.2 Å². The van der Waals surface area contributed by atoms with Crippen molar-refractivity contribution < 1.29 is 23.9 Å². The maximum atomic E-state index is 12.0. The van der Waals surface area contributed by atoms with Gasteiger partial charge < -0.3 is 25.0 Å². The maximum Gasteiger partial charge on any atom is 0.412 e. The van der Waals surface area contributed by atoms with Gasteiger partial charge in [-0.25, -0.2) is 9.59 Å². The first-order chi connectivity index (χ1) is 11.8. The zero-order valence-electron chi connectivity index (χ0n) is 14.3. The van der Waals surface area contributed by atoms with E-state index in [9.17, 15) is 14.4 Å². The van der Waals surface area contributed by atoms with E-state index in [0.29, 0.717) is 19.5 Å². The van der Waals surface area contributed by atoms with E-state index >= 15 is 0 Å². The molecule has 25 heavy (non-hydrogen) atoms. The number of rotatable bonds is 8. The molecule has 1 rings (SSSR count). The lowest BCUT2D eigenvalue weighted by atomic mass is 10.1. The quantitative estimate of drug-likeness (QED) is 0.341. The Morgan fingerprint density at radius 2 is 2.08 bits per heavy atom. The molecule has 2 N–H and O–H groups in total. The molecule has 8 nitrogen and oxygen atoms in total. The molecular weight excluding hydrogens is 346 g/mol. The molecule has 0 aromatic heterocycles. The van der Waals surface area contributed by atoms with Crippen LogP contribution in [0.5, 0.6) is 0 Å². The average molecular weight is 371 g/mol. The van der Waals surface area contributed by atoms with Crippen LogP contribution in [0.2, 0.25) is 0 Å². The summed E-state index contributed by atoms with van der Waals surface area (Å²) in [6.45, 7) is 9.45. The zero-order valence-corrected chi connectivity index (χ0v) is 15.2. The van der Waals surface area contributed by atoms with E-state index in [1.165, 1.54) is 13.0 Å². The van der Waals surface area contributed by atoms with Crippen LogP contribution < -0.4 is 10.6 Å². The first-order valence-corrected chi connectivity index (χ1v) is 8.45. The molecule has 0 unspecified atom stereocenters. The highest BCUT2D eigenvalue weighted by Crippen LogP contribution is 2.24. The van der Waals surface area contributed by atoms with Crippen molar-refractivity contribution in [2.75, 3.05) is 26.2 Å². The van der Waals surface area contributed by atoms with E-state index in [-0.39, 0.29) is 36.1 Å². The summed E-state index contributed by atoms with van der Waals surface area (Å²) in [7, 11) is 0. The third-order valence-corrected chi connectivity index (χ3v) is 3.84. The Labute approximate surface area is 153 Å². The first-order valence-electron chi connectivity index (χ1n) is 7.93. The number of thiol groups is 1. The second-order valence-electron chi connectivity index (χ2n) is 5.61. The van der Waals surface area contributed by atoms with Crippen molar-refractivity contribution in [2.24, 2.45) is 0 Å². The van der Waals surface area contributed by atoms with Crippen LogP contribution in [-0.2, 0) is 14.3 Å². The molecule has 0 aliphatic carbocycles. The minimum atomic E-state index is -0.656. The van der Waals surface area contributed by atoms with Crippen LogP contribution in [-0.4, -0.2) is 60.5 Å². The van der Waals surface area contributed by atoms with Crippen molar-refractivity contribution in [2.45, 2.75) is 31.1 Å². The van der Waals surface area contributed by atoms with Gasteiger partial charge in [-0.15, -0.1) is 0 Å². The fourth-order valence-electron chi connectivity index (χ4n) is 2.37. The van der Waals surface area contributed by atoms with Crippen molar-refractivity contribution in [3.05, 3.63) is 25.0 Å². The Morgan fingerprint density at radius 1 is 1.36 bits per heavy atom. The maximum absolute atomic E-state index is 12.0. The van der Waals surface area contributed by atoms with E-state index in [1.807, 2.05) is 0 Å². The summed E-state index contributed by atoms with van der Waals surface area (Å²) < 4.78 is 9.98. The minimum Gasteiger partial charge on any atom is -0.445 e. The molecule has 9 heteroatoms. The second kappa shape index (κ2) is 10.7. The van der Waals surface area contributed by atoms with Crippen LogP contribution >= 0.6 is 12.6 Å². The molecular formula is C16H25N3O5S. The van der Waals surface area contributed by atoms with Gasteiger partial charge >= 0.3 is 12.2 Å². The fourth-order valence-corrected chi connectivity index (χ4v) is 2.79. The van der Waals surface area contributed by atoms with Gasteiger partial charge in [-0.05, 0) is 12.8 Å². The highest BCUT2D eigenvalue weighted by molar-refractivity contribution is 7.81. The molecule has 0 spiro atoms. The third kappa shape index (κ3) is 7.97. The Hall–Kier alpha value is -2.16. The fraction of sp³-hybridized carbons (Fsp3) is 0.562. The lowest BCUT2D eigenvalue weighted by Crippen LogP contribution is -2.38. The van der Waals surface area contributed by atoms with E-state index in [4.69, 9.17) is 9.47 Å². The molecule has 1 saturated heterocycles. The number of amides is 3. The molecule has 0 radical (unpaired) electrons. The lowest BCUT2D eigenvalue weighted by molar-refractivity contribution is -0.118.